The smallest absolute Gasteiger partial charge is 0.354 e. The van der Waals surface area contributed by atoms with E-state index >= 15 is 0 Å². The van der Waals surface area contributed by atoms with Crippen LogP contribution in [0.1, 0.15) is 56.0 Å². The van der Waals surface area contributed by atoms with E-state index in [0.717, 1.165) is 31.7 Å². The van der Waals surface area contributed by atoms with Gasteiger partial charge in [-0.3, -0.25) is 0 Å². The van der Waals surface area contributed by atoms with Gasteiger partial charge in [0.05, 0.1) is 22.5 Å². The number of allylic oxidation sites excluding steroid dienone is 2. The number of benzene rings is 1. The molecule has 158 valence electrons. The van der Waals surface area contributed by atoms with Gasteiger partial charge in [0, 0.05) is 18.0 Å². The Morgan fingerprint density at radius 1 is 1.27 bits per heavy atom. The Morgan fingerprint density at radius 3 is 2.57 bits per heavy atom. The number of hydrogen-bond donors (Lipinski definition) is 0. The molecule has 1 saturated carbocycles. The Bertz CT molecular complexity index is 1080. The van der Waals surface area contributed by atoms with Gasteiger partial charge in [-0.1, -0.05) is 19.1 Å². The molecule has 4 rings (SSSR count). The highest BCUT2D eigenvalue weighted by Gasteiger charge is 2.42. The Labute approximate surface area is 172 Å². The molecule has 2 aliphatic rings. The first-order valence-corrected chi connectivity index (χ1v) is 10.2. The second-order valence-electron chi connectivity index (χ2n) is 7.95. The lowest BCUT2D eigenvalue weighted by molar-refractivity contribution is -0.169. The van der Waals surface area contributed by atoms with E-state index in [0.29, 0.717) is 28.8 Å². The fourth-order valence-electron chi connectivity index (χ4n) is 4.32. The topological polar surface area (TPSA) is 32.0 Å². The van der Waals surface area contributed by atoms with Crippen LogP contribution in [0.15, 0.2) is 30.4 Å². The Hall–Kier alpha value is -2.75. The molecule has 30 heavy (non-hydrogen) atoms. The molecule has 1 aromatic carbocycles. The summed E-state index contributed by atoms with van der Waals surface area (Å²) in [6, 6.07) is 3.66. The van der Waals surface area contributed by atoms with Crippen LogP contribution in [0.3, 0.4) is 0 Å². The SMILES string of the molecule is CCc1cc2c(cc1F)c(C#N)c(C1=CC=CCN1[C@@H](C)C(F)(F)F)n2C1CCC1. The molecular weight excluding hydrogens is 394 g/mol. The first-order valence-electron chi connectivity index (χ1n) is 10.2. The Kier molecular flexibility index (Phi) is 5.13. The molecule has 2 aromatic rings. The van der Waals surface area contributed by atoms with Crippen molar-refractivity contribution < 1.29 is 17.6 Å². The summed E-state index contributed by atoms with van der Waals surface area (Å²) in [7, 11) is 0. The minimum atomic E-state index is -4.41. The molecule has 0 bridgehead atoms. The number of aryl methyl sites for hydroxylation is 1. The molecule has 2 heterocycles. The average molecular weight is 417 g/mol. The maximum Gasteiger partial charge on any atom is 0.408 e. The molecular formula is C23H23F4N3. The zero-order valence-corrected chi connectivity index (χ0v) is 16.9. The number of rotatable bonds is 4. The molecule has 1 fully saturated rings. The summed E-state index contributed by atoms with van der Waals surface area (Å²) in [5.41, 5.74) is 2.32. The van der Waals surface area contributed by atoms with Crippen molar-refractivity contribution in [2.75, 3.05) is 6.54 Å². The molecule has 0 saturated heterocycles. The Morgan fingerprint density at radius 2 is 2.00 bits per heavy atom. The summed E-state index contributed by atoms with van der Waals surface area (Å²) in [6.45, 7) is 3.08. The van der Waals surface area contributed by atoms with Crippen molar-refractivity contribution in [2.24, 2.45) is 0 Å². The van der Waals surface area contributed by atoms with E-state index in [1.165, 1.54) is 11.0 Å². The van der Waals surface area contributed by atoms with Gasteiger partial charge in [0.25, 0.3) is 0 Å². The van der Waals surface area contributed by atoms with E-state index in [9.17, 15) is 22.8 Å². The molecule has 3 nitrogen and oxygen atoms in total. The highest BCUT2D eigenvalue weighted by molar-refractivity contribution is 5.93. The summed E-state index contributed by atoms with van der Waals surface area (Å²) in [4.78, 5) is 1.28. The largest absolute Gasteiger partial charge is 0.408 e. The van der Waals surface area contributed by atoms with Crippen LogP contribution in [0, 0.1) is 17.1 Å². The molecule has 0 spiro atoms. The van der Waals surface area contributed by atoms with Crippen LogP contribution in [0.25, 0.3) is 16.6 Å². The highest BCUT2D eigenvalue weighted by atomic mass is 19.4. The van der Waals surface area contributed by atoms with Crippen LogP contribution in [-0.2, 0) is 6.42 Å². The van der Waals surface area contributed by atoms with Gasteiger partial charge < -0.3 is 9.47 Å². The van der Waals surface area contributed by atoms with Crippen LogP contribution in [-0.4, -0.2) is 28.2 Å². The fourth-order valence-corrected chi connectivity index (χ4v) is 4.32. The van der Waals surface area contributed by atoms with Gasteiger partial charge in [0.1, 0.15) is 17.9 Å². The first-order chi connectivity index (χ1) is 14.3. The number of aromatic nitrogens is 1. The third kappa shape index (κ3) is 3.19. The van der Waals surface area contributed by atoms with E-state index in [2.05, 4.69) is 6.07 Å². The molecule has 0 amide bonds. The number of alkyl halides is 3. The lowest BCUT2D eigenvalue weighted by Gasteiger charge is -2.37. The Balaban J connectivity index is 2.01. The molecule has 1 atom stereocenters. The van der Waals surface area contributed by atoms with E-state index in [1.807, 2.05) is 11.5 Å². The first kappa shape index (κ1) is 20.5. The number of nitriles is 1. The summed E-state index contributed by atoms with van der Waals surface area (Å²) in [5, 5.41) is 10.4. The molecule has 0 radical (unpaired) electrons. The minimum absolute atomic E-state index is 0.0922. The molecule has 7 heteroatoms. The van der Waals surface area contributed by atoms with Gasteiger partial charge in [0.2, 0.25) is 0 Å². The standard InChI is InChI=1S/C23H23F4N3/c1-3-15-11-21-17(12-19(15)24)18(13-28)22(30(21)16-7-6-8-16)20-9-4-5-10-29(20)14(2)23(25,26)27/h4-5,9,11-12,14,16H,3,6-8,10H2,1-2H3/t14-/m0/s1. The van der Waals surface area contributed by atoms with Crippen molar-refractivity contribution in [1.82, 2.24) is 9.47 Å². The zero-order chi connectivity index (χ0) is 21.6. The molecule has 0 unspecified atom stereocenters. The lowest BCUT2D eigenvalue weighted by atomic mass is 9.92. The quantitative estimate of drug-likeness (QED) is 0.563. The van der Waals surface area contributed by atoms with E-state index in [1.54, 1.807) is 24.3 Å². The maximum absolute atomic E-state index is 14.6. The third-order valence-corrected chi connectivity index (χ3v) is 6.29. The van der Waals surface area contributed by atoms with Crippen molar-refractivity contribution >= 4 is 16.6 Å². The van der Waals surface area contributed by atoms with Crippen LogP contribution >= 0.6 is 0 Å². The summed E-state index contributed by atoms with van der Waals surface area (Å²) < 4.78 is 57.3. The second kappa shape index (κ2) is 7.50. The third-order valence-electron chi connectivity index (χ3n) is 6.29. The normalized spacial score (nSPS) is 18.3. The van der Waals surface area contributed by atoms with E-state index in [-0.39, 0.29) is 18.2 Å². The number of hydrogen-bond acceptors (Lipinski definition) is 2. The average Bonchev–Trinajstić information content (AvgIpc) is 2.97. The summed E-state index contributed by atoms with van der Waals surface area (Å²) >= 11 is 0. The monoisotopic (exact) mass is 417 g/mol. The van der Waals surface area contributed by atoms with E-state index < -0.39 is 18.0 Å². The summed E-state index contributed by atoms with van der Waals surface area (Å²) in [6.07, 6.45) is 3.91. The zero-order valence-electron chi connectivity index (χ0n) is 16.9. The highest BCUT2D eigenvalue weighted by Crippen LogP contribution is 2.43. The number of nitrogens with zero attached hydrogens (tertiary/aromatic N) is 3. The van der Waals surface area contributed by atoms with Crippen LogP contribution in [0.2, 0.25) is 0 Å². The van der Waals surface area contributed by atoms with Gasteiger partial charge >= 0.3 is 6.18 Å². The predicted molar refractivity (Wildman–Crippen MR) is 108 cm³/mol. The van der Waals surface area contributed by atoms with Crippen molar-refractivity contribution in [3.8, 4) is 6.07 Å². The predicted octanol–water partition coefficient (Wildman–Crippen LogP) is 6.10. The van der Waals surface area contributed by atoms with E-state index in [4.69, 9.17) is 0 Å². The number of halogens is 4. The number of fused-ring (bicyclic) bond motifs is 1. The minimum Gasteiger partial charge on any atom is -0.354 e. The molecule has 1 aliphatic carbocycles. The van der Waals surface area contributed by atoms with Gasteiger partial charge in [-0.15, -0.1) is 0 Å². The molecule has 1 aliphatic heterocycles. The molecule has 0 N–H and O–H groups in total. The van der Waals surface area contributed by atoms with Gasteiger partial charge in [-0.25, -0.2) is 4.39 Å². The van der Waals surface area contributed by atoms with Crippen LogP contribution < -0.4 is 0 Å². The van der Waals surface area contributed by atoms with Crippen molar-refractivity contribution in [2.45, 2.75) is 57.8 Å². The van der Waals surface area contributed by atoms with Crippen molar-refractivity contribution in [3.05, 3.63) is 53.0 Å². The second-order valence-corrected chi connectivity index (χ2v) is 7.95. The fraction of sp³-hybridized carbons (Fsp3) is 0.435. The maximum atomic E-state index is 14.6. The van der Waals surface area contributed by atoms with Gasteiger partial charge in [-0.2, -0.15) is 18.4 Å². The van der Waals surface area contributed by atoms with Crippen molar-refractivity contribution in [3.63, 3.8) is 0 Å². The van der Waals surface area contributed by atoms with Crippen LogP contribution in [0.5, 0.6) is 0 Å². The molecule has 1 aromatic heterocycles. The summed E-state index contributed by atoms with van der Waals surface area (Å²) in [5.74, 6) is -0.392. The lowest BCUT2D eigenvalue weighted by Crippen LogP contribution is -2.43. The van der Waals surface area contributed by atoms with Crippen molar-refractivity contribution in [1.29, 1.82) is 5.26 Å². The van der Waals surface area contributed by atoms with Gasteiger partial charge in [0.15, 0.2) is 0 Å². The van der Waals surface area contributed by atoms with Gasteiger partial charge in [-0.05, 0) is 56.4 Å². The van der Waals surface area contributed by atoms with Crippen LogP contribution in [0.4, 0.5) is 17.6 Å².